The van der Waals surface area contributed by atoms with E-state index < -0.39 is 20.1 Å². The molecule has 0 unspecified atom stereocenters. The largest absolute Gasteiger partial charge is 0.494 e. The van der Waals surface area contributed by atoms with Crippen LogP contribution < -0.4 is 0 Å². The summed E-state index contributed by atoms with van der Waals surface area (Å²) in [6.07, 6.45) is -0.536. The molecule has 0 spiro atoms. The summed E-state index contributed by atoms with van der Waals surface area (Å²) in [5.41, 5.74) is -0.463. The summed E-state index contributed by atoms with van der Waals surface area (Å²) in [7, 11) is -1.81. The van der Waals surface area contributed by atoms with Gasteiger partial charge in [0, 0.05) is 0 Å². The Morgan fingerprint density at radius 3 is 2.08 bits per heavy atom. The monoisotopic (exact) mass is 204 g/mol. The molecule has 0 aromatic carbocycles. The van der Waals surface area contributed by atoms with Gasteiger partial charge in [0.05, 0.1) is 0 Å². The molecule has 0 aromatic rings. The van der Waals surface area contributed by atoms with E-state index in [1.807, 2.05) is 40.8 Å². The van der Waals surface area contributed by atoms with Crippen molar-refractivity contribution in [2.75, 3.05) is 0 Å². The summed E-state index contributed by atoms with van der Waals surface area (Å²) in [5.74, 6) is 0. The molecule has 0 radical (unpaired) electrons. The third kappa shape index (κ3) is 6.63. The fourth-order valence-corrected chi connectivity index (χ4v) is 1.21. The molecular formula is C9H20O3Si. The first-order chi connectivity index (χ1) is 5.66. The lowest BCUT2D eigenvalue weighted by molar-refractivity contribution is 0.0188. The van der Waals surface area contributed by atoms with E-state index in [0.29, 0.717) is 0 Å². The zero-order valence-electron chi connectivity index (χ0n) is 9.43. The lowest BCUT2D eigenvalue weighted by atomic mass is 10.2. The maximum absolute atomic E-state index is 11.2. The first-order valence-electron chi connectivity index (χ1n) is 4.58. The maximum atomic E-state index is 11.2. The van der Waals surface area contributed by atoms with E-state index in [1.165, 1.54) is 0 Å². The van der Waals surface area contributed by atoms with E-state index in [9.17, 15) is 4.79 Å². The van der Waals surface area contributed by atoms with Crippen LogP contribution in [0.3, 0.4) is 0 Å². The van der Waals surface area contributed by atoms with Gasteiger partial charge in [0.2, 0.25) is 0 Å². The number of carbonyl (C=O) groups is 1. The highest BCUT2D eigenvalue weighted by atomic mass is 28.4. The van der Waals surface area contributed by atoms with Gasteiger partial charge in [0.15, 0.2) is 0 Å². The van der Waals surface area contributed by atoms with E-state index in [-0.39, 0.29) is 0 Å². The quantitative estimate of drug-likeness (QED) is 0.512. The van der Waals surface area contributed by atoms with Gasteiger partial charge in [-0.3, -0.25) is 0 Å². The standard InChI is InChI=1S/C9H20O3Si/c1-7-13(5,6)12-8(10)11-9(2,3)4/h7H2,1-6H3. The van der Waals surface area contributed by atoms with Crippen LogP contribution in [0.5, 0.6) is 0 Å². The van der Waals surface area contributed by atoms with Crippen molar-refractivity contribution >= 4 is 14.5 Å². The number of hydrogen-bond acceptors (Lipinski definition) is 3. The minimum atomic E-state index is -1.81. The molecule has 4 heteroatoms. The lowest BCUT2D eigenvalue weighted by Gasteiger charge is -2.24. The fourth-order valence-electron chi connectivity index (χ4n) is 0.569. The molecule has 0 bridgehead atoms. The van der Waals surface area contributed by atoms with Crippen molar-refractivity contribution in [3.05, 3.63) is 0 Å². The highest BCUT2D eigenvalue weighted by Gasteiger charge is 2.27. The highest BCUT2D eigenvalue weighted by Crippen LogP contribution is 2.14. The van der Waals surface area contributed by atoms with Crippen molar-refractivity contribution in [3.63, 3.8) is 0 Å². The van der Waals surface area contributed by atoms with Gasteiger partial charge in [-0.15, -0.1) is 0 Å². The second-order valence-corrected chi connectivity index (χ2v) is 9.11. The van der Waals surface area contributed by atoms with Crippen molar-refractivity contribution in [2.45, 2.75) is 52.4 Å². The first-order valence-corrected chi connectivity index (χ1v) is 7.70. The Hall–Kier alpha value is -0.513. The van der Waals surface area contributed by atoms with Crippen molar-refractivity contribution in [1.29, 1.82) is 0 Å². The number of rotatable bonds is 2. The van der Waals surface area contributed by atoms with E-state index >= 15 is 0 Å². The van der Waals surface area contributed by atoms with E-state index in [0.717, 1.165) is 6.04 Å². The molecule has 0 heterocycles. The van der Waals surface area contributed by atoms with Gasteiger partial charge in [-0.1, -0.05) is 6.92 Å². The van der Waals surface area contributed by atoms with Gasteiger partial charge < -0.3 is 9.16 Å². The Labute approximate surface area is 81.6 Å². The van der Waals surface area contributed by atoms with Crippen molar-refractivity contribution in [3.8, 4) is 0 Å². The van der Waals surface area contributed by atoms with Gasteiger partial charge in [0.25, 0.3) is 8.32 Å². The molecule has 0 rings (SSSR count). The van der Waals surface area contributed by atoms with E-state index in [1.54, 1.807) is 0 Å². The van der Waals surface area contributed by atoms with Crippen LogP contribution >= 0.6 is 0 Å². The van der Waals surface area contributed by atoms with Crippen LogP contribution in [0.1, 0.15) is 27.7 Å². The summed E-state index contributed by atoms with van der Waals surface area (Å²) < 4.78 is 10.3. The molecule has 0 saturated heterocycles. The van der Waals surface area contributed by atoms with Gasteiger partial charge in [-0.05, 0) is 39.9 Å². The van der Waals surface area contributed by atoms with Crippen LogP contribution in [-0.4, -0.2) is 20.1 Å². The molecular weight excluding hydrogens is 184 g/mol. The summed E-state index contributed by atoms with van der Waals surface area (Å²) >= 11 is 0. The SMILES string of the molecule is CC[Si](C)(C)OC(=O)OC(C)(C)C. The summed E-state index contributed by atoms with van der Waals surface area (Å²) in [6, 6.07) is 0.909. The molecule has 0 N–H and O–H groups in total. The third-order valence-corrected chi connectivity index (χ3v) is 4.02. The first kappa shape index (κ1) is 12.5. The van der Waals surface area contributed by atoms with E-state index in [2.05, 4.69) is 0 Å². The number of carbonyl (C=O) groups excluding carboxylic acids is 1. The minimum Gasteiger partial charge on any atom is -0.489 e. The molecule has 0 fully saturated rings. The Balaban J connectivity index is 4.03. The molecule has 13 heavy (non-hydrogen) atoms. The smallest absolute Gasteiger partial charge is 0.489 e. The number of ether oxygens (including phenoxy) is 1. The second-order valence-electron chi connectivity index (χ2n) is 4.68. The van der Waals surface area contributed by atoms with Crippen molar-refractivity contribution < 1.29 is 14.0 Å². The lowest BCUT2D eigenvalue weighted by Crippen LogP contribution is -2.35. The van der Waals surface area contributed by atoms with Crippen LogP contribution in [0.25, 0.3) is 0 Å². The molecule has 0 aliphatic rings. The molecule has 3 nitrogen and oxygen atoms in total. The Kier molecular flexibility index (Phi) is 3.97. The van der Waals surface area contributed by atoms with Gasteiger partial charge in [-0.2, -0.15) is 0 Å². The second kappa shape index (κ2) is 4.13. The molecule has 0 amide bonds. The van der Waals surface area contributed by atoms with Crippen molar-refractivity contribution in [2.24, 2.45) is 0 Å². The summed E-state index contributed by atoms with van der Waals surface area (Å²) in [4.78, 5) is 11.2. The predicted molar refractivity (Wildman–Crippen MR) is 55.3 cm³/mol. The highest BCUT2D eigenvalue weighted by molar-refractivity contribution is 6.72. The van der Waals surface area contributed by atoms with Crippen LogP contribution in [0.15, 0.2) is 0 Å². The van der Waals surface area contributed by atoms with Crippen molar-refractivity contribution in [1.82, 2.24) is 0 Å². The molecule has 0 aliphatic carbocycles. The van der Waals surface area contributed by atoms with Gasteiger partial charge in [0.1, 0.15) is 5.60 Å². The van der Waals surface area contributed by atoms with Crippen LogP contribution in [-0.2, 0) is 9.16 Å². The molecule has 78 valence electrons. The summed E-state index contributed by atoms with van der Waals surface area (Å²) in [6.45, 7) is 11.5. The van der Waals surface area contributed by atoms with Crippen LogP contribution in [0.4, 0.5) is 4.79 Å². The molecule has 0 aliphatic heterocycles. The van der Waals surface area contributed by atoms with Crippen LogP contribution in [0.2, 0.25) is 19.1 Å². The molecule has 0 saturated carbocycles. The minimum absolute atomic E-state index is 0.463. The normalized spacial score (nSPS) is 12.5. The van der Waals surface area contributed by atoms with E-state index in [4.69, 9.17) is 9.16 Å². The maximum Gasteiger partial charge on any atom is 0.494 e. The number of hydrogen-bond donors (Lipinski definition) is 0. The Morgan fingerprint density at radius 1 is 1.31 bits per heavy atom. The molecule has 0 atom stereocenters. The average molecular weight is 204 g/mol. The Morgan fingerprint density at radius 2 is 1.77 bits per heavy atom. The zero-order valence-corrected chi connectivity index (χ0v) is 10.4. The van der Waals surface area contributed by atoms with Crippen LogP contribution in [0, 0.1) is 0 Å². The Bertz CT molecular complexity index is 182. The fraction of sp³-hybridized carbons (Fsp3) is 0.889. The summed E-state index contributed by atoms with van der Waals surface area (Å²) in [5, 5.41) is 0. The zero-order chi connectivity index (χ0) is 10.7. The predicted octanol–water partition coefficient (Wildman–Crippen LogP) is 3.16. The topological polar surface area (TPSA) is 35.5 Å². The van der Waals surface area contributed by atoms with Gasteiger partial charge >= 0.3 is 6.16 Å². The molecule has 0 aromatic heterocycles. The van der Waals surface area contributed by atoms with Gasteiger partial charge in [-0.25, -0.2) is 4.79 Å². The third-order valence-electron chi connectivity index (χ3n) is 1.60. The average Bonchev–Trinajstić information content (AvgIpc) is 1.81.